The molecule has 0 spiro atoms. The van der Waals surface area contributed by atoms with Gasteiger partial charge < -0.3 is 5.32 Å². The molecule has 0 aliphatic heterocycles. The molecule has 0 unspecified atom stereocenters. The molecule has 0 fully saturated rings. The van der Waals surface area contributed by atoms with Gasteiger partial charge in [0, 0.05) is 29.1 Å². The van der Waals surface area contributed by atoms with Crippen molar-refractivity contribution >= 4 is 35.1 Å². The van der Waals surface area contributed by atoms with Gasteiger partial charge in [0.05, 0.1) is 0 Å². The van der Waals surface area contributed by atoms with Crippen LogP contribution >= 0.6 is 23.4 Å². The van der Waals surface area contributed by atoms with E-state index in [1.165, 1.54) is 6.33 Å². The van der Waals surface area contributed by atoms with E-state index in [0.717, 1.165) is 33.7 Å². The molecule has 6 nitrogen and oxygen atoms in total. The van der Waals surface area contributed by atoms with Crippen LogP contribution in [0, 0.1) is 6.92 Å². The second-order valence-electron chi connectivity index (χ2n) is 5.10. The van der Waals surface area contributed by atoms with Gasteiger partial charge >= 0.3 is 0 Å². The van der Waals surface area contributed by atoms with E-state index in [1.54, 1.807) is 11.8 Å². The second kappa shape index (κ2) is 7.63. The molecule has 8 heteroatoms. The van der Waals surface area contributed by atoms with E-state index in [2.05, 4.69) is 32.4 Å². The highest BCUT2D eigenvalue weighted by Crippen LogP contribution is 2.27. The Morgan fingerprint density at radius 1 is 1.21 bits per heavy atom. The van der Waals surface area contributed by atoms with Gasteiger partial charge in [-0.1, -0.05) is 41.6 Å². The Morgan fingerprint density at radius 2 is 2.04 bits per heavy atom. The van der Waals surface area contributed by atoms with Crippen molar-refractivity contribution in [1.29, 1.82) is 0 Å². The summed E-state index contributed by atoms with van der Waals surface area (Å²) in [6, 6.07) is 9.69. The lowest BCUT2D eigenvalue weighted by Crippen LogP contribution is -2.05. The van der Waals surface area contributed by atoms with Gasteiger partial charge in [0.25, 0.3) is 0 Å². The molecule has 0 bridgehead atoms. The van der Waals surface area contributed by atoms with Crippen molar-refractivity contribution in [2.45, 2.75) is 31.3 Å². The van der Waals surface area contributed by atoms with Gasteiger partial charge in [-0.25, -0.2) is 9.97 Å². The Bertz CT molecular complexity index is 835. The smallest absolute Gasteiger partial charge is 0.230 e. The fraction of sp³-hybridized carbons (Fsp3) is 0.250. The predicted molar refractivity (Wildman–Crippen MR) is 96.8 cm³/mol. The third kappa shape index (κ3) is 3.85. The van der Waals surface area contributed by atoms with Gasteiger partial charge in [-0.3, -0.25) is 4.57 Å². The van der Waals surface area contributed by atoms with Crippen LogP contribution < -0.4 is 5.32 Å². The number of anilines is 2. The Morgan fingerprint density at radius 3 is 2.79 bits per heavy atom. The van der Waals surface area contributed by atoms with Gasteiger partial charge in [-0.2, -0.15) is 0 Å². The summed E-state index contributed by atoms with van der Waals surface area (Å²) in [5.41, 5.74) is 1.97. The summed E-state index contributed by atoms with van der Waals surface area (Å²) >= 11 is 7.81. The van der Waals surface area contributed by atoms with Crippen molar-refractivity contribution in [2.24, 2.45) is 0 Å². The summed E-state index contributed by atoms with van der Waals surface area (Å²) < 4.78 is 2.01. The quantitative estimate of drug-likeness (QED) is 0.668. The summed E-state index contributed by atoms with van der Waals surface area (Å²) in [6.07, 6.45) is 1.53. The Labute approximate surface area is 149 Å². The predicted octanol–water partition coefficient (Wildman–Crippen LogP) is 4.09. The van der Waals surface area contributed by atoms with Gasteiger partial charge in [0.1, 0.15) is 12.1 Å². The Kier molecular flexibility index (Phi) is 5.32. The summed E-state index contributed by atoms with van der Waals surface area (Å²) in [4.78, 5) is 8.29. The van der Waals surface area contributed by atoms with Crippen LogP contribution in [-0.2, 0) is 12.3 Å². The normalized spacial score (nSPS) is 10.8. The Hall–Kier alpha value is -2.12. The van der Waals surface area contributed by atoms with E-state index >= 15 is 0 Å². The highest BCUT2D eigenvalue weighted by molar-refractivity contribution is 7.98. The number of nitrogens with zero attached hydrogens (tertiary/aromatic N) is 5. The van der Waals surface area contributed by atoms with E-state index in [-0.39, 0.29) is 0 Å². The molecule has 0 atom stereocenters. The molecule has 24 heavy (non-hydrogen) atoms. The topological polar surface area (TPSA) is 68.5 Å². The minimum atomic E-state index is 0.664. The maximum atomic E-state index is 6.21. The monoisotopic (exact) mass is 360 g/mol. The number of rotatable bonds is 6. The standard InChI is InChI=1S/C16H17ClN6S/c1-3-23-15(20-14-8-11(2)18-10-19-14)21-22-16(23)24-9-12-6-4-5-7-13(12)17/h4-8,10H,3,9H2,1-2H3,(H,18,19,20,21). The number of aromatic nitrogens is 5. The highest BCUT2D eigenvalue weighted by Gasteiger charge is 2.13. The molecule has 2 heterocycles. The average molecular weight is 361 g/mol. The number of thioether (sulfide) groups is 1. The van der Waals surface area contributed by atoms with E-state index in [0.29, 0.717) is 11.8 Å². The van der Waals surface area contributed by atoms with Crippen LogP contribution in [0.5, 0.6) is 0 Å². The first-order valence-corrected chi connectivity index (χ1v) is 8.88. The largest absolute Gasteiger partial charge is 0.309 e. The van der Waals surface area contributed by atoms with Crippen LogP contribution in [0.15, 0.2) is 41.8 Å². The molecule has 0 aliphatic rings. The molecule has 1 N–H and O–H groups in total. The average Bonchev–Trinajstić information content (AvgIpc) is 2.96. The van der Waals surface area contributed by atoms with Crippen molar-refractivity contribution in [2.75, 3.05) is 5.32 Å². The second-order valence-corrected chi connectivity index (χ2v) is 6.45. The molecule has 0 saturated carbocycles. The van der Waals surface area contributed by atoms with Crippen LogP contribution in [-0.4, -0.2) is 24.7 Å². The van der Waals surface area contributed by atoms with Crippen molar-refractivity contribution < 1.29 is 0 Å². The Balaban J connectivity index is 1.76. The SMILES string of the molecule is CCn1c(Nc2cc(C)ncn2)nnc1SCc1ccccc1Cl. The van der Waals surface area contributed by atoms with Gasteiger partial charge in [0.2, 0.25) is 5.95 Å². The highest BCUT2D eigenvalue weighted by atomic mass is 35.5. The van der Waals surface area contributed by atoms with Crippen molar-refractivity contribution in [3.63, 3.8) is 0 Å². The first-order chi connectivity index (χ1) is 11.7. The lowest BCUT2D eigenvalue weighted by atomic mass is 10.2. The van der Waals surface area contributed by atoms with Crippen molar-refractivity contribution in [3.8, 4) is 0 Å². The number of hydrogen-bond donors (Lipinski definition) is 1. The molecule has 3 aromatic rings. The summed E-state index contributed by atoms with van der Waals surface area (Å²) in [5.74, 6) is 2.11. The van der Waals surface area contributed by atoms with E-state index in [1.807, 2.05) is 41.8 Å². The van der Waals surface area contributed by atoms with Crippen molar-refractivity contribution in [3.05, 3.63) is 52.9 Å². The molecule has 1 aromatic carbocycles. The van der Waals surface area contributed by atoms with Crippen LogP contribution in [0.1, 0.15) is 18.2 Å². The summed E-state index contributed by atoms with van der Waals surface area (Å²) in [5, 5.41) is 13.3. The molecule has 0 saturated heterocycles. The first kappa shape index (κ1) is 16.7. The van der Waals surface area contributed by atoms with Crippen LogP contribution in [0.2, 0.25) is 5.02 Å². The van der Waals surface area contributed by atoms with Gasteiger partial charge in [-0.15, -0.1) is 10.2 Å². The molecule has 0 aliphatic carbocycles. The lowest BCUT2D eigenvalue weighted by molar-refractivity contribution is 0.688. The molecular formula is C16H17ClN6S. The van der Waals surface area contributed by atoms with Crippen LogP contribution in [0.4, 0.5) is 11.8 Å². The van der Waals surface area contributed by atoms with Gasteiger partial charge in [0.15, 0.2) is 5.16 Å². The lowest BCUT2D eigenvalue weighted by Gasteiger charge is -2.09. The van der Waals surface area contributed by atoms with Gasteiger partial charge in [-0.05, 0) is 25.5 Å². The minimum Gasteiger partial charge on any atom is -0.309 e. The zero-order valence-corrected chi connectivity index (χ0v) is 15.0. The maximum Gasteiger partial charge on any atom is 0.230 e. The molecule has 2 aromatic heterocycles. The number of nitrogens with one attached hydrogen (secondary N) is 1. The molecule has 0 amide bonds. The molecule has 0 radical (unpaired) electrons. The first-order valence-electron chi connectivity index (χ1n) is 7.52. The third-order valence-electron chi connectivity index (χ3n) is 3.39. The van der Waals surface area contributed by atoms with Crippen molar-refractivity contribution in [1.82, 2.24) is 24.7 Å². The van der Waals surface area contributed by atoms with E-state index in [9.17, 15) is 0 Å². The third-order valence-corrected chi connectivity index (χ3v) is 4.78. The molecule has 124 valence electrons. The number of hydrogen-bond acceptors (Lipinski definition) is 6. The summed E-state index contributed by atoms with van der Waals surface area (Å²) in [6.45, 7) is 4.73. The van der Waals surface area contributed by atoms with Crippen LogP contribution in [0.3, 0.4) is 0 Å². The van der Waals surface area contributed by atoms with E-state index < -0.39 is 0 Å². The number of aryl methyl sites for hydroxylation is 1. The summed E-state index contributed by atoms with van der Waals surface area (Å²) in [7, 11) is 0. The zero-order valence-electron chi connectivity index (χ0n) is 13.4. The maximum absolute atomic E-state index is 6.21. The number of halogens is 1. The zero-order chi connectivity index (χ0) is 16.9. The van der Waals surface area contributed by atoms with Crippen LogP contribution in [0.25, 0.3) is 0 Å². The number of benzene rings is 1. The minimum absolute atomic E-state index is 0.664. The molecule has 3 rings (SSSR count). The fourth-order valence-electron chi connectivity index (χ4n) is 2.17. The fourth-order valence-corrected chi connectivity index (χ4v) is 3.46. The molecular weight excluding hydrogens is 344 g/mol. The van der Waals surface area contributed by atoms with E-state index in [4.69, 9.17) is 11.6 Å².